The second kappa shape index (κ2) is 3.14. The molecule has 0 N–H and O–H groups in total. The van der Waals surface area contributed by atoms with E-state index >= 15 is 0 Å². The fourth-order valence-electron chi connectivity index (χ4n) is 2.37. The first-order valence-electron chi connectivity index (χ1n) is 4.30. The molecule has 4 heteroatoms. The average molecular weight is 280 g/mol. The van der Waals surface area contributed by atoms with E-state index in [2.05, 4.69) is 11.9 Å². The van der Waals surface area contributed by atoms with Crippen LogP contribution in [0, 0.1) is 11.8 Å². The van der Waals surface area contributed by atoms with Crippen LogP contribution in [0.1, 0.15) is 0 Å². The number of amides is 1. The van der Waals surface area contributed by atoms with Crippen molar-refractivity contribution >= 4 is 26.5 Å². The minimum Gasteiger partial charge on any atom is -0.333 e. The van der Waals surface area contributed by atoms with Gasteiger partial charge in [0, 0.05) is 48.8 Å². The van der Waals surface area contributed by atoms with Crippen molar-refractivity contribution < 1.29 is 4.79 Å². The Bertz CT molecular complexity index is 195. The lowest BCUT2D eigenvalue weighted by molar-refractivity contribution is 0.229. The fourth-order valence-corrected chi connectivity index (χ4v) is 2.77. The predicted octanol–water partition coefficient (Wildman–Crippen LogP) is 1.03. The minimum atomic E-state index is 0.213. The zero-order chi connectivity index (χ0) is 8.72. The third-order valence-electron chi connectivity index (χ3n) is 2.92. The lowest BCUT2D eigenvalue weighted by Gasteiger charge is -2.16. The van der Waals surface area contributed by atoms with E-state index in [-0.39, 0.29) is 3.91 Å². The van der Waals surface area contributed by atoms with Gasteiger partial charge in [0.1, 0.15) is 0 Å². The van der Waals surface area contributed by atoms with Crippen LogP contribution >= 0.6 is 22.6 Å². The third-order valence-corrected chi connectivity index (χ3v) is 3.60. The van der Waals surface area contributed by atoms with E-state index in [1.54, 1.807) is 0 Å². The molecule has 2 saturated heterocycles. The van der Waals surface area contributed by atoms with Crippen molar-refractivity contribution in [2.75, 3.05) is 33.2 Å². The summed E-state index contributed by atoms with van der Waals surface area (Å²) in [5.74, 6) is 1.49. The number of carbonyl (C=O) groups is 1. The molecule has 2 rings (SSSR count). The van der Waals surface area contributed by atoms with Gasteiger partial charge in [-0.3, -0.25) is 4.79 Å². The Morgan fingerprint density at radius 1 is 1.25 bits per heavy atom. The zero-order valence-corrected chi connectivity index (χ0v) is 9.32. The first-order chi connectivity index (χ1) is 5.66. The molecule has 0 spiro atoms. The first-order valence-corrected chi connectivity index (χ1v) is 5.37. The highest BCUT2D eigenvalue weighted by Gasteiger charge is 2.39. The average Bonchev–Trinajstić information content (AvgIpc) is 2.42. The van der Waals surface area contributed by atoms with Crippen molar-refractivity contribution in [3.8, 4) is 0 Å². The molecule has 2 aliphatic heterocycles. The number of likely N-dealkylation sites (tertiary alicyclic amines) is 2. The van der Waals surface area contributed by atoms with Gasteiger partial charge >= 0.3 is 0 Å². The number of nitrogens with zero attached hydrogens (tertiary/aromatic N) is 2. The lowest BCUT2D eigenvalue weighted by atomic mass is 10.0. The van der Waals surface area contributed by atoms with Gasteiger partial charge in [0.15, 0.2) is 0 Å². The second-order valence-corrected chi connectivity index (χ2v) is 4.82. The molecule has 1 unspecified atom stereocenters. The Hall–Kier alpha value is 0.160. The van der Waals surface area contributed by atoms with Crippen LogP contribution in [-0.2, 0) is 0 Å². The number of hydrogen-bond acceptors (Lipinski definition) is 2. The van der Waals surface area contributed by atoms with Crippen LogP contribution in [0.25, 0.3) is 0 Å². The van der Waals surface area contributed by atoms with Crippen LogP contribution < -0.4 is 0 Å². The topological polar surface area (TPSA) is 23.6 Å². The number of hydrogen-bond donors (Lipinski definition) is 0. The summed E-state index contributed by atoms with van der Waals surface area (Å²) in [6.07, 6.45) is 0. The van der Waals surface area contributed by atoms with Gasteiger partial charge < -0.3 is 9.80 Å². The summed E-state index contributed by atoms with van der Waals surface area (Å²) < 4.78 is 0.213. The Labute approximate surface area is 86.2 Å². The Morgan fingerprint density at radius 3 is 2.17 bits per heavy atom. The highest BCUT2D eigenvalue weighted by molar-refractivity contribution is 14.1. The number of rotatable bonds is 0. The Kier molecular flexibility index (Phi) is 2.29. The van der Waals surface area contributed by atoms with E-state index in [1.165, 1.54) is 13.1 Å². The van der Waals surface area contributed by atoms with Crippen LogP contribution in [0.5, 0.6) is 0 Å². The highest BCUT2D eigenvalue weighted by atomic mass is 127. The molecular formula is C8H13IN2O. The number of carbonyl (C=O) groups excluding carboxylic acids is 1. The van der Waals surface area contributed by atoms with Crippen LogP contribution in [0.2, 0.25) is 0 Å². The fraction of sp³-hybridized carbons (Fsp3) is 0.875. The monoisotopic (exact) mass is 280 g/mol. The molecule has 2 atom stereocenters. The Balaban J connectivity index is 1.98. The largest absolute Gasteiger partial charge is 0.333 e. The van der Waals surface area contributed by atoms with Crippen molar-refractivity contribution in [1.82, 2.24) is 9.80 Å². The molecule has 0 aliphatic carbocycles. The molecule has 0 aromatic carbocycles. The third kappa shape index (κ3) is 1.46. The van der Waals surface area contributed by atoms with Gasteiger partial charge in [-0.25, -0.2) is 0 Å². The van der Waals surface area contributed by atoms with Crippen LogP contribution in [-0.4, -0.2) is 46.9 Å². The minimum absolute atomic E-state index is 0.213. The maximum Gasteiger partial charge on any atom is 0.283 e. The van der Waals surface area contributed by atoms with Gasteiger partial charge in [0.2, 0.25) is 0 Å². The molecule has 3 nitrogen and oxygen atoms in total. The standard InChI is InChI=1S/C8H13IN2O/c1-10-2-6-4-11(8(9)12)5-7(6)3-10/h6-7H,2-5H2,1H3/t6-,7?/m0/s1. The van der Waals surface area contributed by atoms with Crippen molar-refractivity contribution in [3.05, 3.63) is 0 Å². The zero-order valence-electron chi connectivity index (χ0n) is 7.16. The molecule has 0 saturated carbocycles. The first kappa shape index (κ1) is 8.74. The van der Waals surface area contributed by atoms with E-state index < -0.39 is 0 Å². The summed E-state index contributed by atoms with van der Waals surface area (Å²) in [6.45, 7) is 4.31. The predicted molar refractivity (Wildman–Crippen MR) is 55.5 cm³/mol. The van der Waals surface area contributed by atoms with Gasteiger partial charge in [-0.2, -0.15) is 0 Å². The summed E-state index contributed by atoms with van der Waals surface area (Å²) in [5.41, 5.74) is 0. The molecule has 68 valence electrons. The van der Waals surface area contributed by atoms with Crippen molar-refractivity contribution in [1.29, 1.82) is 0 Å². The van der Waals surface area contributed by atoms with Gasteiger partial charge in [0.05, 0.1) is 0 Å². The lowest BCUT2D eigenvalue weighted by Crippen LogP contribution is -2.28. The molecule has 0 radical (unpaired) electrons. The quantitative estimate of drug-likeness (QED) is 0.376. The van der Waals surface area contributed by atoms with Crippen LogP contribution in [0.3, 0.4) is 0 Å². The normalized spacial score (nSPS) is 35.7. The molecule has 12 heavy (non-hydrogen) atoms. The number of fused-ring (bicyclic) bond motifs is 1. The molecule has 2 aliphatic rings. The number of halogens is 1. The summed E-state index contributed by atoms with van der Waals surface area (Å²) >= 11 is 1.88. The van der Waals surface area contributed by atoms with Gasteiger partial charge in [-0.1, -0.05) is 0 Å². The summed E-state index contributed by atoms with van der Waals surface area (Å²) in [5, 5.41) is 0. The van der Waals surface area contributed by atoms with Gasteiger partial charge in [-0.15, -0.1) is 0 Å². The molecule has 2 heterocycles. The van der Waals surface area contributed by atoms with E-state index in [1.807, 2.05) is 27.5 Å². The van der Waals surface area contributed by atoms with Crippen LogP contribution in [0.4, 0.5) is 4.79 Å². The molecule has 2 fully saturated rings. The summed E-state index contributed by atoms with van der Waals surface area (Å²) in [4.78, 5) is 15.4. The van der Waals surface area contributed by atoms with E-state index in [0.717, 1.165) is 24.9 Å². The van der Waals surface area contributed by atoms with E-state index in [9.17, 15) is 4.79 Å². The van der Waals surface area contributed by atoms with Crippen molar-refractivity contribution in [2.24, 2.45) is 11.8 Å². The Morgan fingerprint density at radius 2 is 1.75 bits per heavy atom. The van der Waals surface area contributed by atoms with Gasteiger partial charge in [0.25, 0.3) is 3.91 Å². The molecule has 0 aromatic rings. The molecule has 0 aromatic heterocycles. The second-order valence-electron chi connectivity index (χ2n) is 3.90. The van der Waals surface area contributed by atoms with E-state index in [0.29, 0.717) is 0 Å². The maximum absolute atomic E-state index is 11.1. The SMILES string of the molecule is CN1CC2CN(C(=O)I)C[C@@H]2C1. The van der Waals surface area contributed by atoms with Crippen molar-refractivity contribution in [3.63, 3.8) is 0 Å². The molecule has 0 bridgehead atoms. The smallest absolute Gasteiger partial charge is 0.283 e. The highest BCUT2D eigenvalue weighted by Crippen LogP contribution is 2.30. The maximum atomic E-state index is 11.1. The summed E-state index contributed by atoms with van der Waals surface area (Å²) in [7, 11) is 2.16. The molecule has 1 amide bonds. The molecular weight excluding hydrogens is 267 g/mol. The summed E-state index contributed by atoms with van der Waals surface area (Å²) in [6, 6.07) is 0. The van der Waals surface area contributed by atoms with Crippen molar-refractivity contribution in [2.45, 2.75) is 0 Å². The van der Waals surface area contributed by atoms with Crippen LogP contribution in [0.15, 0.2) is 0 Å². The van der Waals surface area contributed by atoms with Gasteiger partial charge in [-0.05, 0) is 18.9 Å². The van der Waals surface area contributed by atoms with E-state index in [4.69, 9.17) is 0 Å².